The van der Waals surface area contributed by atoms with Gasteiger partial charge in [0.05, 0.1) is 5.69 Å². The van der Waals surface area contributed by atoms with Crippen molar-refractivity contribution < 1.29 is 9.59 Å². The SMILES string of the molecule is CCC(C)C1NC(=O)CN(c2ccccc2Br)C1=O. The molecule has 1 heterocycles. The Morgan fingerprint density at radius 2 is 2.11 bits per heavy atom. The normalized spacial score (nSPS) is 21.2. The summed E-state index contributed by atoms with van der Waals surface area (Å²) in [7, 11) is 0. The highest BCUT2D eigenvalue weighted by atomic mass is 79.9. The largest absolute Gasteiger partial charge is 0.342 e. The van der Waals surface area contributed by atoms with Crippen LogP contribution in [-0.2, 0) is 9.59 Å². The lowest BCUT2D eigenvalue weighted by Crippen LogP contribution is -2.60. The zero-order valence-corrected chi connectivity index (χ0v) is 12.6. The first-order chi connectivity index (χ1) is 9.04. The Balaban J connectivity index is 2.33. The summed E-state index contributed by atoms with van der Waals surface area (Å²) in [6, 6.07) is 7.02. The number of hydrogen-bond donors (Lipinski definition) is 1. The fraction of sp³-hybridized carbons (Fsp3) is 0.429. The molecule has 5 heteroatoms. The predicted molar refractivity (Wildman–Crippen MR) is 77.9 cm³/mol. The number of carbonyl (C=O) groups is 2. The van der Waals surface area contributed by atoms with Crippen LogP contribution in [0, 0.1) is 5.92 Å². The summed E-state index contributed by atoms with van der Waals surface area (Å²) < 4.78 is 0.820. The van der Waals surface area contributed by atoms with Crippen molar-refractivity contribution in [1.29, 1.82) is 0 Å². The highest BCUT2D eigenvalue weighted by Gasteiger charge is 2.36. The van der Waals surface area contributed by atoms with Gasteiger partial charge in [-0.1, -0.05) is 32.4 Å². The molecule has 0 bridgehead atoms. The molecule has 0 aromatic heterocycles. The van der Waals surface area contributed by atoms with E-state index in [1.54, 1.807) is 4.90 Å². The summed E-state index contributed by atoms with van der Waals surface area (Å²) in [5.41, 5.74) is 0.746. The summed E-state index contributed by atoms with van der Waals surface area (Å²) >= 11 is 3.43. The van der Waals surface area contributed by atoms with Crippen LogP contribution in [0.25, 0.3) is 0 Å². The van der Waals surface area contributed by atoms with E-state index in [0.717, 1.165) is 16.6 Å². The molecule has 2 rings (SSSR count). The van der Waals surface area contributed by atoms with Crippen molar-refractivity contribution in [3.63, 3.8) is 0 Å². The average molecular weight is 325 g/mol. The van der Waals surface area contributed by atoms with Crippen molar-refractivity contribution in [2.75, 3.05) is 11.4 Å². The maximum Gasteiger partial charge on any atom is 0.250 e. The highest BCUT2D eigenvalue weighted by Crippen LogP contribution is 2.28. The molecule has 1 aromatic carbocycles. The van der Waals surface area contributed by atoms with Gasteiger partial charge < -0.3 is 10.2 Å². The number of nitrogens with zero attached hydrogens (tertiary/aromatic N) is 1. The molecule has 102 valence electrons. The van der Waals surface area contributed by atoms with E-state index in [0.29, 0.717) is 0 Å². The quantitative estimate of drug-likeness (QED) is 0.927. The Morgan fingerprint density at radius 1 is 1.42 bits per heavy atom. The van der Waals surface area contributed by atoms with Gasteiger partial charge in [0, 0.05) is 4.47 Å². The monoisotopic (exact) mass is 324 g/mol. The Hall–Kier alpha value is -1.36. The number of rotatable bonds is 3. The first-order valence-electron chi connectivity index (χ1n) is 6.39. The van der Waals surface area contributed by atoms with Gasteiger partial charge in [-0.3, -0.25) is 9.59 Å². The lowest BCUT2D eigenvalue weighted by Gasteiger charge is -2.35. The molecular formula is C14H17BrN2O2. The average Bonchev–Trinajstić information content (AvgIpc) is 2.41. The summed E-state index contributed by atoms with van der Waals surface area (Å²) in [6.07, 6.45) is 0.848. The van der Waals surface area contributed by atoms with Crippen LogP contribution in [-0.4, -0.2) is 24.4 Å². The van der Waals surface area contributed by atoms with Crippen molar-refractivity contribution in [2.45, 2.75) is 26.3 Å². The summed E-state index contributed by atoms with van der Waals surface area (Å²) in [4.78, 5) is 25.9. The van der Waals surface area contributed by atoms with E-state index in [4.69, 9.17) is 0 Å². The second-order valence-corrected chi connectivity index (χ2v) is 5.66. The Bertz CT molecular complexity index is 504. The van der Waals surface area contributed by atoms with Gasteiger partial charge in [0.1, 0.15) is 12.6 Å². The predicted octanol–water partition coefficient (Wildman–Crippen LogP) is 2.33. The Labute approximate surface area is 121 Å². The number of nitrogens with one attached hydrogen (secondary N) is 1. The van der Waals surface area contributed by atoms with Crippen molar-refractivity contribution in [3.05, 3.63) is 28.7 Å². The fourth-order valence-electron chi connectivity index (χ4n) is 2.17. The van der Waals surface area contributed by atoms with E-state index in [-0.39, 0.29) is 24.3 Å². The molecule has 0 aliphatic carbocycles. The smallest absolute Gasteiger partial charge is 0.250 e. The van der Waals surface area contributed by atoms with Gasteiger partial charge in [0.2, 0.25) is 11.8 Å². The Kier molecular flexibility index (Phi) is 4.24. The molecule has 19 heavy (non-hydrogen) atoms. The minimum atomic E-state index is -0.432. The van der Waals surface area contributed by atoms with Gasteiger partial charge in [-0.2, -0.15) is 0 Å². The molecule has 1 aliphatic heterocycles. The van der Waals surface area contributed by atoms with Crippen LogP contribution in [0.4, 0.5) is 5.69 Å². The van der Waals surface area contributed by atoms with Gasteiger partial charge in [0.15, 0.2) is 0 Å². The van der Waals surface area contributed by atoms with Gasteiger partial charge >= 0.3 is 0 Å². The van der Waals surface area contributed by atoms with Crippen molar-refractivity contribution in [3.8, 4) is 0 Å². The van der Waals surface area contributed by atoms with E-state index in [1.165, 1.54) is 0 Å². The maximum atomic E-state index is 12.5. The van der Waals surface area contributed by atoms with Gasteiger partial charge in [-0.15, -0.1) is 0 Å². The zero-order valence-electron chi connectivity index (χ0n) is 11.0. The molecule has 1 aromatic rings. The molecule has 0 saturated carbocycles. The summed E-state index contributed by atoms with van der Waals surface area (Å²) in [6.45, 7) is 4.07. The highest BCUT2D eigenvalue weighted by molar-refractivity contribution is 9.10. The molecular weight excluding hydrogens is 308 g/mol. The van der Waals surface area contributed by atoms with Crippen LogP contribution in [0.3, 0.4) is 0 Å². The molecule has 0 radical (unpaired) electrons. The molecule has 2 amide bonds. The number of carbonyl (C=O) groups excluding carboxylic acids is 2. The van der Waals surface area contributed by atoms with Crippen LogP contribution in [0.2, 0.25) is 0 Å². The fourth-order valence-corrected chi connectivity index (χ4v) is 2.66. The van der Waals surface area contributed by atoms with E-state index < -0.39 is 6.04 Å². The molecule has 1 aliphatic rings. The second-order valence-electron chi connectivity index (χ2n) is 4.81. The number of halogens is 1. The van der Waals surface area contributed by atoms with Gasteiger partial charge in [0.25, 0.3) is 0 Å². The second kappa shape index (κ2) is 5.74. The third-order valence-corrected chi connectivity index (χ3v) is 4.18. The zero-order chi connectivity index (χ0) is 14.0. The lowest BCUT2D eigenvalue weighted by atomic mass is 9.96. The van der Waals surface area contributed by atoms with Gasteiger partial charge in [-0.25, -0.2) is 0 Å². The van der Waals surface area contributed by atoms with E-state index in [1.807, 2.05) is 38.1 Å². The van der Waals surface area contributed by atoms with Crippen molar-refractivity contribution in [1.82, 2.24) is 5.32 Å². The number of para-hydroxylation sites is 1. The number of hydrogen-bond acceptors (Lipinski definition) is 2. The van der Waals surface area contributed by atoms with E-state index in [9.17, 15) is 9.59 Å². The van der Waals surface area contributed by atoms with Crippen molar-refractivity contribution in [2.24, 2.45) is 5.92 Å². The molecule has 1 fully saturated rings. The third-order valence-electron chi connectivity index (χ3n) is 3.51. The van der Waals surface area contributed by atoms with Crippen LogP contribution < -0.4 is 10.2 Å². The van der Waals surface area contributed by atoms with Crippen LogP contribution >= 0.6 is 15.9 Å². The molecule has 1 N–H and O–H groups in total. The molecule has 2 atom stereocenters. The summed E-state index contributed by atoms with van der Waals surface area (Å²) in [5, 5.41) is 2.79. The minimum Gasteiger partial charge on any atom is -0.342 e. The first kappa shape index (κ1) is 14.1. The minimum absolute atomic E-state index is 0.0409. The molecule has 0 spiro atoms. The van der Waals surface area contributed by atoms with Crippen LogP contribution in [0.15, 0.2) is 28.7 Å². The van der Waals surface area contributed by atoms with Crippen molar-refractivity contribution >= 4 is 33.4 Å². The number of benzene rings is 1. The lowest BCUT2D eigenvalue weighted by molar-refractivity contribution is -0.132. The molecule has 2 unspecified atom stereocenters. The molecule has 4 nitrogen and oxygen atoms in total. The Morgan fingerprint density at radius 3 is 2.74 bits per heavy atom. The standard InChI is InChI=1S/C14H17BrN2O2/c1-3-9(2)13-14(19)17(8-12(18)16-13)11-7-5-4-6-10(11)15/h4-7,9,13H,3,8H2,1-2H3,(H,16,18). The number of anilines is 1. The third kappa shape index (κ3) is 2.81. The number of piperazine rings is 1. The van der Waals surface area contributed by atoms with Crippen LogP contribution in [0.5, 0.6) is 0 Å². The topological polar surface area (TPSA) is 49.4 Å². The van der Waals surface area contributed by atoms with Gasteiger partial charge in [-0.05, 0) is 34.0 Å². The van der Waals surface area contributed by atoms with E-state index >= 15 is 0 Å². The summed E-state index contributed by atoms with van der Waals surface area (Å²) in [5.74, 6) is -0.0248. The first-order valence-corrected chi connectivity index (χ1v) is 7.19. The molecule has 1 saturated heterocycles. The number of amides is 2. The maximum absolute atomic E-state index is 12.5. The van der Waals surface area contributed by atoms with E-state index in [2.05, 4.69) is 21.2 Å². The van der Waals surface area contributed by atoms with Crippen LogP contribution in [0.1, 0.15) is 20.3 Å².